The molecule has 15 heavy (non-hydrogen) atoms. The second-order valence-corrected chi connectivity index (χ2v) is 3.11. The molecule has 0 bridgehead atoms. The largest absolute Gasteiger partial charge is 0.478 e. The van der Waals surface area contributed by atoms with E-state index in [1.54, 1.807) is 18.2 Å². The first-order chi connectivity index (χ1) is 7.22. The van der Waals surface area contributed by atoms with Crippen molar-refractivity contribution < 1.29 is 14.3 Å². The summed E-state index contributed by atoms with van der Waals surface area (Å²) in [6.07, 6.45) is 0. The molecule has 1 aromatic carbocycles. The minimum atomic E-state index is -1.00. The zero-order chi connectivity index (χ0) is 10.8. The van der Waals surface area contributed by atoms with E-state index in [9.17, 15) is 9.18 Å². The Hall–Kier alpha value is -1.97. The fourth-order valence-corrected chi connectivity index (χ4v) is 1.46. The van der Waals surface area contributed by atoms with E-state index in [1.165, 1.54) is 12.1 Å². The van der Waals surface area contributed by atoms with Crippen LogP contribution in [-0.2, 0) is 6.67 Å². The molecule has 0 radical (unpaired) electrons. The fraction of sp³-hybridized carbons (Fsp3) is 0.0909. The van der Waals surface area contributed by atoms with Crippen LogP contribution in [0, 0.1) is 0 Å². The molecule has 0 amide bonds. The van der Waals surface area contributed by atoms with E-state index in [0.717, 1.165) is 0 Å². The van der Waals surface area contributed by atoms with E-state index in [0.29, 0.717) is 16.6 Å². The predicted molar refractivity (Wildman–Crippen MR) is 53.5 cm³/mol. The minimum absolute atomic E-state index is 0.186. The van der Waals surface area contributed by atoms with Gasteiger partial charge in [0, 0.05) is 5.39 Å². The standard InChI is InChI=1S/C11H8FNO2/c12-6-7-4-5-8-9(11(14)15)2-1-3-10(8)13-7/h1-5H,6H2,(H,14,15). The Kier molecular flexibility index (Phi) is 2.33. The molecule has 0 spiro atoms. The third-order valence-corrected chi connectivity index (χ3v) is 2.16. The Morgan fingerprint density at radius 1 is 1.33 bits per heavy atom. The van der Waals surface area contributed by atoms with Gasteiger partial charge in [-0.25, -0.2) is 9.18 Å². The van der Waals surface area contributed by atoms with Crippen molar-refractivity contribution in [1.82, 2.24) is 4.98 Å². The highest BCUT2D eigenvalue weighted by Crippen LogP contribution is 2.17. The molecule has 0 aliphatic rings. The summed E-state index contributed by atoms with van der Waals surface area (Å²) in [5, 5.41) is 9.44. The molecule has 4 heteroatoms. The summed E-state index contributed by atoms with van der Waals surface area (Å²) in [7, 11) is 0. The molecule has 1 heterocycles. The molecule has 2 rings (SSSR count). The molecule has 0 saturated carbocycles. The maximum Gasteiger partial charge on any atom is 0.336 e. The van der Waals surface area contributed by atoms with Crippen molar-refractivity contribution in [1.29, 1.82) is 0 Å². The van der Waals surface area contributed by atoms with Gasteiger partial charge in [-0.2, -0.15) is 0 Å². The Morgan fingerprint density at radius 2 is 2.13 bits per heavy atom. The van der Waals surface area contributed by atoms with E-state index in [1.807, 2.05) is 0 Å². The van der Waals surface area contributed by atoms with Crippen LogP contribution in [0.1, 0.15) is 16.1 Å². The first-order valence-corrected chi connectivity index (χ1v) is 4.40. The number of alkyl halides is 1. The second-order valence-electron chi connectivity index (χ2n) is 3.11. The molecular formula is C11H8FNO2. The number of hydrogen-bond donors (Lipinski definition) is 1. The number of rotatable bonds is 2. The SMILES string of the molecule is O=C(O)c1cccc2nc(CF)ccc12. The molecule has 3 nitrogen and oxygen atoms in total. The van der Waals surface area contributed by atoms with Crippen LogP contribution in [-0.4, -0.2) is 16.1 Å². The lowest BCUT2D eigenvalue weighted by molar-refractivity contribution is 0.0699. The number of carbonyl (C=O) groups is 1. The molecule has 2 aromatic rings. The predicted octanol–water partition coefficient (Wildman–Crippen LogP) is 2.40. The fourth-order valence-electron chi connectivity index (χ4n) is 1.46. The van der Waals surface area contributed by atoms with Crippen molar-refractivity contribution in [3.05, 3.63) is 41.6 Å². The number of hydrogen-bond acceptors (Lipinski definition) is 2. The number of halogens is 1. The van der Waals surface area contributed by atoms with Crippen molar-refractivity contribution in [3.8, 4) is 0 Å². The van der Waals surface area contributed by atoms with Crippen molar-refractivity contribution in [2.75, 3.05) is 0 Å². The Balaban J connectivity index is 2.72. The van der Waals surface area contributed by atoms with E-state index < -0.39 is 12.6 Å². The number of carboxylic acids is 1. The van der Waals surface area contributed by atoms with Gasteiger partial charge in [0.15, 0.2) is 0 Å². The first-order valence-electron chi connectivity index (χ1n) is 4.40. The number of aromatic nitrogens is 1. The molecule has 0 fully saturated rings. The van der Waals surface area contributed by atoms with Crippen LogP contribution in [0.3, 0.4) is 0 Å². The highest BCUT2D eigenvalue weighted by atomic mass is 19.1. The molecule has 0 unspecified atom stereocenters. The third kappa shape index (κ3) is 1.66. The Bertz CT molecular complexity index is 525. The Labute approximate surface area is 85.2 Å². The average Bonchev–Trinajstić information content (AvgIpc) is 2.27. The van der Waals surface area contributed by atoms with Crippen LogP contribution in [0.25, 0.3) is 10.9 Å². The van der Waals surface area contributed by atoms with Crippen LogP contribution >= 0.6 is 0 Å². The van der Waals surface area contributed by atoms with Gasteiger partial charge in [0.05, 0.1) is 16.8 Å². The van der Waals surface area contributed by atoms with Gasteiger partial charge in [-0.1, -0.05) is 12.1 Å². The second kappa shape index (κ2) is 3.65. The zero-order valence-electron chi connectivity index (χ0n) is 7.77. The molecule has 1 aromatic heterocycles. The number of aromatic carboxylic acids is 1. The van der Waals surface area contributed by atoms with E-state index >= 15 is 0 Å². The summed E-state index contributed by atoms with van der Waals surface area (Å²) in [6, 6.07) is 7.85. The van der Waals surface area contributed by atoms with E-state index in [-0.39, 0.29) is 5.56 Å². The smallest absolute Gasteiger partial charge is 0.336 e. The quantitative estimate of drug-likeness (QED) is 0.818. The molecule has 0 atom stereocenters. The number of pyridine rings is 1. The summed E-state index contributed by atoms with van der Waals surface area (Å²) < 4.78 is 12.3. The summed E-state index contributed by atoms with van der Waals surface area (Å²) in [5.74, 6) is -1.00. The van der Waals surface area contributed by atoms with Crippen molar-refractivity contribution in [2.45, 2.75) is 6.67 Å². The molecule has 0 aliphatic heterocycles. The number of fused-ring (bicyclic) bond motifs is 1. The van der Waals surface area contributed by atoms with Gasteiger partial charge in [0.2, 0.25) is 0 Å². The molecule has 0 saturated heterocycles. The highest BCUT2D eigenvalue weighted by Gasteiger charge is 2.08. The summed E-state index contributed by atoms with van der Waals surface area (Å²) >= 11 is 0. The highest BCUT2D eigenvalue weighted by molar-refractivity contribution is 6.02. The summed E-state index contributed by atoms with van der Waals surface area (Å²) in [6.45, 7) is -0.646. The number of nitrogens with zero attached hydrogens (tertiary/aromatic N) is 1. The van der Waals surface area contributed by atoms with Gasteiger partial charge in [-0.15, -0.1) is 0 Å². The van der Waals surface area contributed by atoms with Crippen molar-refractivity contribution in [3.63, 3.8) is 0 Å². The van der Waals surface area contributed by atoms with Crippen LogP contribution in [0.15, 0.2) is 30.3 Å². The maximum atomic E-state index is 12.3. The minimum Gasteiger partial charge on any atom is -0.478 e. The van der Waals surface area contributed by atoms with Crippen LogP contribution in [0.4, 0.5) is 4.39 Å². The first kappa shape index (κ1) is 9.58. The molecule has 1 N–H and O–H groups in total. The third-order valence-electron chi connectivity index (χ3n) is 2.16. The summed E-state index contributed by atoms with van der Waals surface area (Å²) in [4.78, 5) is 14.9. The lowest BCUT2D eigenvalue weighted by atomic mass is 10.1. The van der Waals surface area contributed by atoms with Gasteiger partial charge in [-0.05, 0) is 18.2 Å². The van der Waals surface area contributed by atoms with Crippen LogP contribution in [0.2, 0.25) is 0 Å². The van der Waals surface area contributed by atoms with Crippen LogP contribution < -0.4 is 0 Å². The van der Waals surface area contributed by atoms with Crippen molar-refractivity contribution in [2.24, 2.45) is 0 Å². The Morgan fingerprint density at radius 3 is 2.80 bits per heavy atom. The lowest BCUT2D eigenvalue weighted by Crippen LogP contribution is -1.98. The van der Waals surface area contributed by atoms with Gasteiger partial charge in [-0.3, -0.25) is 4.98 Å². The van der Waals surface area contributed by atoms with Crippen LogP contribution in [0.5, 0.6) is 0 Å². The normalized spacial score (nSPS) is 10.5. The number of benzene rings is 1. The van der Waals surface area contributed by atoms with Gasteiger partial charge in [0.25, 0.3) is 0 Å². The zero-order valence-corrected chi connectivity index (χ0v) is 7.77. The topological polar surface area (TPSA) is 50.2 Å². The lowest BCUT2D eigenvalue weighted by Gasteiger charge is -2.02. The molecular weight excluding hydrogens is 197 g/mol. The summed E-state index contributed by atoms with van der Waals surface area (Å²) in [5.41, 5.74) is 1.00. The number of carboxylic acid groups (broad SMARTS) is 1. The average molecular weight is 205 g/mol. The molecule has 0 aliphatic carbocycles. The molecule has 76 valence electrons. The van der Waals surface area contributed by atoms with Crippen molar-refractivity contribution >= 4 is 16.9 Å². The van der Waals surface area contributed by atoms with Gasteiger partial charge < -0.3 is 5.11 Å². The maximum absolute atomic E-state index is 12.3. The van der Waals surface area contributed by atoms with Gasteiger partial charge >= 0.3 is 5.97 Å². The van der Waals surface area contributed by atoms with Gasteiger partial charge in [0.1, 0.15) is 6.67 Å². The monoisotopic (exact) mass is 205 g/mol. The van der Waals surface area contributed by atoms with E-state index in [2.05, 4.69) is 4.98 Å². The van der Waals surface area contributed by atoms with E-state index in [4.69, 9.17) is 5.11 Å².